The minimum atomic E-state index is -0.407. The summed E-state index contributed by atoms with van der Waals surface area (Å²) in [5, 5.41) is 8.84. The molecule has 0 aliphatic carbocycles. The molecule has 0 heterocycles. The van der Waals surface area contributed by atoms with Crippen molar-refractivity contribution in [3.05, 3.63) is 126 Å². The number of aliphatic hydroxyl groups excluding tert-OH is 1. The Morgan fingerprint density at radius 1 is 0.714 bits per heavy atom. The van der Waals surface area contributed by atoms with Gasteiger partial charge in [-0.05, 0) is 72.2 Å². The zero-order valence-corrected chi connectivity index (χ0v) is 19.2. The van der Waals surface area contributed by atoms with Crippen LogP contribution in [0.15, 0.2) is 103 Å². The Balaban J connectivity index is 0.000000196. The summed E-state index contributed by atoms with van der Waals surface area (Å²) in [6.45, 7) is 0.0381. The van der Waals surface area contributed by atoms with Crippen LogP contribution in [0.25, 0.3) is 6.08 Å². The topological polar surface area (TPSA) is 47.9 Å². The first-order valence-corrected chi connectivity index (χ1v) is 10.9. The van der Waals surface area contributed by atoms with Gasteiger partial charge >= 0.3 is 0 Å². The van der Waals surface area contributed by atoms with Crippen LogP contribution in [0.5, 0.6) is 23.0 Å². The van der Waals surface area contributed by atoms with E-state index in [0.29, 0.717) is 17.9 Å². The molecule has 0 saturated carbocycles. The molecule has 0 saturated heterocycles. The molecule has 180 valence electrons. The van der Waals surface area contributed by atoms with Crippen LogP contribution in [-0.2, 0) is 11.2 Å². The van der Waals surface area contributed by atoms with E-state index in [4.69, 9.17) is 19.3 Å². The summed E-state index contributed by atoms with van der Waals surface area (Å²) >= 11 is 0. The number of aliphatic hydroxyl groups is 1. The third kappa shape index (κ3) is 8.28. The molecule has 4 aromatic carbocycles. The molecule has 0 aromatic heterocycles. The van der Waals surface area contributed by atoms with Gasteiger partial charge in [-0.2, -0.15) is 0 Å². The Hall–Kier alpha value is -4.16. The third-order valence-corrected chi connectivity index (χ3v) is 4.69. The zero-order chi connectivity index (χ0) is 24.9. The SMILES string of the molecule is CO/C=C/c1ccc(F)c(Oc2ccccc2)c1.OCCc1ccc(F)c(Oc2ccccc2)c1. The minimum Gasteiger partial charge on any atom is -0.504 e. The Morgan fingerprint density at radius 3 is 1.80 bits per heavy atom. The molecule has 0 amide bonds. The molecule has 1 N–H and O–H groups in total. The number of ether oxygens (including phenoxy) is 3. The predicted octanol–water partition coefficient (Wildman–Crippen LogP) is 7.39. The maximum Gasteiger partial charge on any atom is 0.165 e. The molecule has 0 spiro atoms. The smallest absolute Gasteiger partial charge is 0.165 e. The molecule has 35 heavy (non-hydrogen) atoms. The lowest BCUT2D eigenvalue weighted by molar-refractivity contribution is 0.299. The highest BCUT2D eigenvalue weighted by molar-refractivity contribution is 5.51. The van der Waals surface area contributed by atoms with Crippen LogP contribution >= 0.6 is 0 Å². The Kier molecular flexibility index (Phi) is 9.84. The summed E-state index contributed by atoms with van der Waals surface area (Å²) in [6.07, 6.45) is 3.75. The van der Waals surface area contributed by atoms with Gasteiger partial charge in [-0.15, -0.1) is 0 Å². The molecule has 0 fully saturated rings. The number of hydrogen-bond donors (Lipinski definition) is 1. The van der Waals surface area contributed by atoms with E-state index < -0.39 is 11.6 Å². The molecule has 4 nitrogen and oxygen atoms in total. The van der Waals surface area contributed by atoms with Crippen LogP contribution in [0.3, 0.4) is 0 Å². The van der Waals surface area contributed by atoms with E-state index in [1.54, 1.807) is 61.7 Å². The van der Waals surface area contributed by atoms with Crippen molar-refractivity contribution in [2.24, 2.45) is 0 Å². The highest BCUT2D eigenvalue weighted by Gasteiger charge is 2.06. The average molecular weight is 477 g/mol. The van der Waals surface area contributed by atoms with Gasteiger partial charge in [0.05, 0.1) is 13.4 Å². The fraction of sp³-hybridized carbons (Fsp3) is 0.103. The van der Waals surface area contributed by atoms with Crippen LogP contribution in [0.1, 0.15) is 11.1 Å². The van der Waals surface area contributed by atoms with Crippen molar-refractivity contribution in [3.8, 4) is 23.0 Å². The van der Waals surface area contributed by atoms with Gasteiger partial charge in [0, 0.05) is 6.61 Å². The van der Waals surface area contributed by atoms with E-state index in [1.807, 2.05) is 36.4 Å². The molecule has 0 atom stereocenters. The first-order valence-electron chi connectivity index (χ1n) is 10.9. The number of halogens is 2. The van der Waals surface area contributed by atoms with E-state index in [9.17, 15) is 8.78 Å². The highest BCUT2D eigenvalue weighted by Crippen LogP contribution is 2.26. The fourth-order valence-corrected chi connectivity index (χ4v) is 2.99. The maximum absolute atomic E-state index is 13.6. The summed E-state index contributed by atoms with van der Waals surface area (Å²) in [5.41, 5.74) is 1.66. The van der Waals surface area contributed by atoms with Crippen LogP contribution < -0.4 is 9.47 Å². The van der Waals surface area contributed by atoms with Crippen molar-refractivity contribution in [2.75, 3.05) is 13.7 Å². The van der Waals surface area contributed by atoms with Crippen LogP contribution in [-0.4, -0.2) is 18.8 Å². The second kappa shape index (κ2) is 13.5. The molecule has 6 heteroatoms. The lowest BCUT2D eigenvalue weighted by atomic mass is 10.1. The lowest BCUT2D eigenvalue weighted by Crippen LogP contribution is -1.94. The number of benzene rings is 4. The zero-order valence-electron chi connectivity index (χ0n) is 19.2. The number of methoxy groups -OCH3 is 1. The van der Waals surface area contributed by atoms with Gasteiger partial charge in [-0.3, -0.25) is 0 Å². The molecule has 4 rings (SSSR count). The van der Waals surface area contributed by atoms with Crippen molar-refractivity contribution < 1.29 is 28.1 Å². The number of hydrogen-bond acceptors (Lipinski definition) is 4. The van der Waals surface area contributed by atoms with E-state index in [1.165, 1.54) is 18.4 Å². The van der Waals surface area contributed by atoms with E-state index >= 15 is 0 Å². The number of rotatable bonds is 8. The number of para-hydroxylation sites is 2. The molecule has 0 radical (unpaired) electrons. The second-order valence-electron chi connectivity index (χ2n) is 7.30. The Bertz CT molecular complexity index is 1210. The van der Waals surface area contributed by atoms with Crippen LogP contribution in [0.2, 0.25) is 0 Å². The summed E-state index contributed by atoms with van der Waals surface area (Å²) in [7, 11) is 1.56. The summed E-state index contributed by atoms with van der Waals surface area (Å²) in [6, 6.07) is 27.4. The first kappa shape index (κ1) is 25.5. The lowest BCUT2D eigenvalue weighted by Gasteiger charge is -2.08. The van der Waals surface area contributed by atoms with Crippen LogP contribution in [0, 0.1) is 11.6 Å². The molecular weight excluding hydrogens is 450 g/mol. The fourth-order valence-electron chi connectivity index (χ4n) is 2.99. The minimum absolute atomic E-state index is 0.0381. The van der Waals surface area contributed by atoms with E-state index in [-0.39, 0.29) is 18.1 Å². The molecule has 4 aromatic rings. The summed E-state index contributed by atoms with van der Waals surface area (Å²) in [5.74, 6) is 0.766. The largest absolute Gasteiger partial charge is 0.504 e. The normalized spacial score (nSPS) is 10.4. The van der Waals surface area contributed by atoms with E-state index in [0.717, 1.165) is 11.1 Å². The van der Waals surface area contributed by atoms with Gasteiger partial charge in [-0.25, -0.2) is 8.78 Å². The summed E-state index contributed by atoms with van der Waals surface area (Å²) < 4.78 is 42.8. The van der Waals surface area contributed by atoms with Crippen molar-refractivity contribution in [2.45, 2.75) is 6.42 Å². The molecule has 0 aliphatic rings. The predicted molar refractivity (Wildman–Crippen MR) is 133 cm³/mol. The van der Waals surface area contributed by atoms with Crippen molar-refractivity contribution >= 4 is 6.08 Å². The van der Waals surface area contributed by atoms with Gasteiger partial charge < -0.3 is 19.3 Å². The van der Waals surface area contributed by atoms with Gasteiger partial charge in [0.15, 0.2) is 23.1 Å². The quantitative estimate of drug-likeness (QED) is 0.269. The standard InChI is InChI=1S/C15H13FO2.C14H13FO2/c1-17-10-9-12-7-8-14(16)15(11-12)18-13-5-3-2-4-6-13;15-13-7-6-11(8-9-16)10-14(13)17-12-4-2-1-3-5-12/h2-11H,1H3;1-7,10,16H,8-9H2/b10-9+;. The average Bonchev–Trinajstić information content (AvgIpc) is 2.88. The van der Waals surface area contributed by atoms with E-state index in [2.05, 4.69) is 0 Å². The summed E-state index contributed by atoms with van der Waals surface area (Å²) in [4.78, 5) is 0. The molecule has 0 unspecified atom stereocenters. The first-order chi connectivity index (χ1) is 17.1. The van der Waals surface area contributed by atoms with Crippen molar-refractivity contribution in [1.82, 2.24) is 0 Å². The highest BCUT2D eigenvalue weighted by atomic mass is 19.1. The van der Waals surface area contributed by atoms with Crippen molar-refractivity contribution in [3.63, 3.8) is 0 Å². The Labute approximate surface area is 203 Å². The maximum atomic E-state index is 13.6. The third-order valence-electron chi connectivity index (χ3n) is 4.69. The van der Waals surface area contributed by atoms with Gasteiger partial charge in [0.1, 0.15) is 11.5 Å². The van der Waals surface area contributed by atoms with Gasteiger partial charge in [0.25, 0.3) is 0 Å². The Morgan fingerprint density at radius 2 is 1.26 bits per heavy atom. The second-order valence-corrected chi connectivity index (χ2v) is 7.30. The molecular formula is C29H26F2O4. The molecule has 0 aliphatic heterocycles. The monoisotopic (exact) mass is 476 g/mol. The van der Waals surface area contributed by atoms with Crippen molar-refractivity contribution in [1.29, 1.82) is 0 Å². The van der Waals surface area contributed by atoms with Gasteiger partial charge in [0.2, 0.25) is 0 Å². The molecule has 0 bridgehead atoms. The van der Waals surface area contributed by atoms with Crippen LogP contribution in [0.4, 0.5) is 8.78 Å². The van der Waals surface area contributed by atoms with Gasteiger partial charge in [-0.1, -0.05) is 48.5 Å².